The maximum Gasteiger partial charge on any atom is 0.241 e. The number of sulfone groups is 1. The van der Waals surface area contributed by atoms with E-state index in [0.717, 1.165) is 17.4 Å². The molecule has 0 saturated heterocycles. The van der Waals surface area contributed by atoms with Gasteiger partial charge in [-0.1, -0.05) is 29.5 Å². The molecule has 0 radical (unpaired) electrons. The molecule has 0 atom stereocenters. The Bertz CT molecular complexity index is 1020. The lowest BCUT2D eigenvalue weighted by atomic mass is 10.3. The lowest BCUT2D eigenvalue weighted by molar-refractivity contribution is -0.113. The molecule has 2 aromatic carbocycles. The maximum atomic E-state index is 13.6. The highest BCUT2D eigenvalue weighted by molar-refractivity contribution is 7.92. The molecule has 1 heterocycles. The molecule has 0 aliphatic carbocycles. The quantitative estimate of drug-likeness (QED) is 0.768. The number of aromatic nitrogens is 1. The summed E-state index contributed by atoms with van der Waals surface area (Å²) in [5, 5.41) is 2.31. The molecule has 24 heavy (non-hydrogen) atoms. The fourth-order valence-electron chi connectivity index (χ4n) is 2.05. The van der Waals surface area contributed by atoms with E-state index in [1.54, 1.807) is 18.2 Å². The molecule has 1 N–H and O–H groups in total. The molecule has 0 aliphatic rings. The lowest BCUT2D eigenvalue weighted by Crippen LogP contribution is -2.22. The Morgan fingerprint density at radius 1 is 1.17 bits per heavy atom. The van der Waals surface area contributed by atoms with E-state index in [9.17, 15) is 22.0 Å². The van der Waals surface area contributed by atoms with Crippen LogP contribution in [0.5, 0.6) is 0 Å². The molecule has 0 saturated carbocycles. The van der Waals surface area contributed by atoms with Gasteiger partial charge in [0.25, 0.3) is 0 Å². The van der Waals surface area contributed by atoms with Crippen LogP contribution in [0, 0.1) is 11.6 Å². The van der Waals surface area contributed by atoms with Gasteiger partial charge >= 0.3 is 0 Å². The first-order chi connectivity index (χ1) is 11.3. The summed E-state index contributed by atoms with van der Waals surface area (Å²) >= 11 is 0.858. The topological polar surface area (TPSA) is 76.1 Å². The van der Waals surface area contributed by atoms with Gasteiger partial charge in [-0.2, -0.15) is 0 Å². The number of anilines is 1. The average Bonchev–Trinajstić information content (AvgIpc) is 2.90. The minimum Gasteiger partial charge on any atom is -0.301 e. The predicted molar refractivity (Wildman–Crippen MR) is 86.7 cm³/mol. The summed E-state index contributed by atoms with van der Waals surface area (Å²) in [6.07, 6.45) is 0. The predicted octanol–water partition coefficient (Wildman–Crippen LogP) is 2.99. The number of halogens is 2. The second-order valence-corrected chi connectivity index (χ2v) is 7.89. The summed E-state index contributed by atoms with van der Waals surface area (Å²) in [6.45, 7) is 0. The van der Waals surface area contributed by atoms with E-state index in [-0.39, 0.29) is 20.2 Å². The van der Waals surface area contributed by atoms with Gasteiger partial charge in [-0.3, -0.25) is 4.79 Å². The number of rotatable bonds is 4. The van der Waals surface area contributed by atoms with Crippen LogP contribution in [0.3, 0.4) is 0 Å². The number of amides is 1. The number of hydrogen-bond acceptors (Lipinski definition) is 5. The van der Waals surface area contributed by atoms with Gasteiger partial charge in [0.15, 0.2) is 20.8 Å². The van der Waals surface area contributed by atoms with Gasteiger partial charge < -0.3 is 5.32 Å². The molecule has 3 rings (SSSR count). The number of benzene rings is 2. The minimum atomic E-state index is -3.79. The third-order valence-electron chi connectivity index (χ3n) is 3.08. The molecular weight excluding hydrogens is 358 g/mol. The van der Waals surface area contributed by atoms with Gasteiger partial charge in [0.05, 0.1) is 9.60 Å². The van der Waals surface area contributed by atoms with Gasteiger partial charge in [-0.15, -0.1) is 0 Å². The van der Waals surface area contributed by atoms with E-state index in [0.29, 0.717) is 6.07 Å². The van der Waals surface area contributed by atoms with Crippen molar-refractivity contribution >= 4 is 42.4 Å². The molecule has 0 bridgehead atoms. The monoisotopic (exact) mass is 368 g/mol. The van der Waals surface area contributed by atoms with E-state index in [1.165, 1.54) is 12.1 Å². The third-order valence-corrected chi connectivity index (χ3v) is 5.63. The molecule has 9 heteroatoms. The van der Waals surface area contributed by atoms with Crippen molar-refractivity contribution in [2.24, 2.45) is 0 Å². The first-order valence-corrected chi connectivity index (χ1v) is 9.15. The van der Waals surface area contributed by atoms with Gasteiger partial charge in [0.1, 0.15) is 17.1 Å². The summed E-state index contributed by atoms with van der Waals surface area (Å²) in [6, 6.07) is 9.32. The van der Waals surface area contributed by atoms with Crippen molar-refractivity contribution in [2.45, 2.75) is 4.90 Å². The van der Waals surface area contributed by atoms with Crippen molar-refractivity contribution in [1.29, 1.82) is 0 Å². The second-order valence-electron chi connectivity index (χ2n) is 4.87. The van der Waals surface area contributed by atoms with Crippen molar-refractivity contribution in [3.8, 4) is 0 Å². The van der Waals surface area contributed by atoms with E-state index in [1.807, 2.05) is 0 Å². The summed E-state index contributed by atoms with van der Waals surface area (Å²) in [7, 11) is -3.79. The SMILES string of the molecule is O=C(CS(=O)(=O)c1ccccc1)Nc1nc2c(F)cc(F)cc2s1. The molecule has 1 aromatic heterocycles. The number of nitrogens with zero attached hydrogens (tertiary/aromatic N) is 1. The van der Waals surface area contributed by atoms with Crippen LogP contribution in [0.25, 0.3) is 10.2 Å². The van der Waals surface area contributed by atoms with Gasteiger partial charge in [-0.05, 0) is 18.2 Å². The van der Waals surface area contributed by atoms with Crippen LogP contribution in [0.4, 0.5) is 13.9 Å². The smallest absolute Gasteiger partial charge is 0.241 e. The molecule has 0 unspecified atom stereocenters. The highest BCUT2D eigenvalue weighted by Gasteiger charge is 2.20. The maximum absolute atomic E-state index is 13.6. The molecule has 5 nitrogen and oxygen atoms in total. The number of carbonyl (C=O) groups is 1. The number of carbonyl (C=O) groups excluding carboxylic acids is 1. The number of fused-ring (bicyclic) bond motifs is 1. The Hall–Kier alpha value is -2.39. The van der Waals surface area contributed by atoms with Crippen LogP contribution in [0.1, 0.15) is 0 Å². The Kier molecular flexibility index (Phi) is 4.29. The molecular formula is C15H10F2N2O3S2. The van der Waals surface area contributed by atoms with Crippen molar-refractivity contribution in [3.05, 3.63) is 54.1 Å². The zero-order valence-corrected chi connectivity index (χ0v) is 13.6. The largest absolute Gasteiger partial charge is 0.301 e. The molecule has 124 valence electrons. The van der Waals surface area contributed by atoms with Crippen molar-refractivity contribution < 1.29 is 22.0 Å². The fourth-order valence-corrected chi connectivity index (χ4v) is 4.13. The van der Waals surface area contributed by atoms with Crippen molar-refractivity contribution in [1.82, 2.24) is 4.98 Å². The van der Waals surface area contributed by atoms with Crippen LogP contribution in [-0.2, 0) is 14.6 Å². The first kappa shape index (κ1) is 16.5. The molecule has 1 amide bonds. The summed E-state index contributed by atoms with van der Waals surface area (Å²) in [5.74, 6) is -3.19. The Labute approximate surface area is 139 Å². The summed E-state index contributed by atoms with van der Waals surface area (Å²) in [5.41, 5.74) is -0.0809. The van der Waals surface area contributed by atoms with Crippen molar-refractivity contribution in [2.75, 3.05) is 11.1 Å². The first-order valence-electron chi connectivity index (χ1n) is 6.68. The average molecular weight is 368 g/mol. The van der Waals surface area contributed by atoms with Gasteiger partial charge in [-0.25, -0.2) is 22.2 Å². The minimum absolute atomic E-state index is 0.00256. The Balaban J connectivity index is 1.79. The second kappa shape index (κ2) is 6.25. The number of thiazole rings is 1. The van der Waals surface area contributed by atoms with Crippen LogP contribution in [0.15, 0.2) is 47.4 Å². The molecule has 0 fully saturated rings. The van der Waals surface area contributed by atoms with Crippen LogP contribution in [-0.4, -0.2) is 25.1 Å². The third kappa shape index (κ3) is 3.41. The number of hydrogen-bond donors (Lipinski definition) is 1. The summed E-state index contributed by atoms with van der Waals surface area (Å²) < 4.78 is 51.2. The van der Waals surface area contributed by atoms with Crippen molar-refractivity contribution in [3.63, 3.8) is 0 Å². The standard InChI is InChI=1S/C15H10F2N2O3S2/c16-9-6-11(17)14-12(7-9)23-15(19-14)18-13(20)8-24(21,22)10-4-2-1-3-5-10/h1-7H,8H2,(H,18,19,20). The van der Waals surface area contributed by atoms with Gasteiger partial charge in [0, 0.05) is 6.07 Å². The highest BCUT2D eigenvalue weighted by atomic mass is 32.2. The number of nitrogens with one attached hydrogen (secondary N) is 1. The normalized spacial score (nSPS) is 11.6. The molecule has 0 spiro atoms. The zero-order chi connectivity index (χ0) is 17.3. The summed E-state index contributed by atoms with van der Waals surface area (Å²) in [4.78, 5) is 15.8. The highest BCUT2D eigenvalue weighted by Crippen LogP contribution is 2.28. The van der Waals surface area contributed by atoms with Crippen LogP contribution >= 0.6 is 11.3 Å². The molecule has 3 aromatic rings. The van der Waals surface area contributed by atoms with E-state index in [4.69, 9.17) is 0 Å². The zero-order valence-electron chi connectivity index (χ0n) is 12.0. The van der Waals surface area contributed by atoms with Crippen LogP contribution in [0.2, 0.25) is 0 Å². The van der Waals surface area contributed by atoms with E-state index in [2.05, 4.69) is 10.3 Å². The van der Waals surface area contributed by atoms with E-state index < -0.39 is 33.1 Å². The fraction of sp³-hybridized carbons (Fsp3) is 0.0667. The van der Waals surface area contributed by atoms with Gasteiger partial charge in [0.2, 0.25) is 5.91 Å². The molecule has 0 aliphatic heterocycles. The lowest BCUT2D eigenvalue weighted by Gasteiger charge is -2.04. The van der Waals surface area contributed by atoms with Crippen LogP contribution < -0.4 is 5.32 Å². The van der Waals surface area contributed by atoms with E-state index >= 15 is 0 Å². The Morgan fingerprint density at radius 3 is 2.58 bits per heavy atom. The Morgan fingerprint density at radius 2 is 1.88 bits per heavy atom.